The summed E-state index contributed by atoms with van der Waals surface area (Å²) in [6.45, 7) is 1.32. The van der Waals surface area contributed by atoms with Gasteiger partial charge in [-0.25, -0.2) is 8.42 Å². The van der Waals surface area contributed by atoms with Crippen molar-refractivity contribution in [2.45, 2.75) is 25.8 Å². The summed E-state index contributed by atoms with van der Waals surface area (Å²) in [4.78, 5) is 36.1. The molecule has 0 bridgehead atoms. The molecule has 30 heavy (non-hydrogen) atoms. The molecular weight excluding hydrogens is 408 g/mol. The molecule has 4 N–H and O–H groups in total. The minimum atomic E-state index is -3.62. The van der Waals surface area contributed by atoms with Gasteiger partial charge in [-0.05, 0) is 55.3 Å². The van der Waals surface area contributed by atoms with Gasteiger partial charge in [0, 0.05) is 29.9 Å². The third kappa shape index (κ3) is 6.05. The van der Waals surface area contributed by atoms with E-state index in [1.807, 2.05) is 0 Å². The summed E-state index contributed by atoms with van der Waals surface area (Å²) in [5.41, 5.74) is 1.36. The van der Waals surface area contributed by atoms with Crippen LogP contribution in [-0.2, 0) is 14.8 Å². The van der Waals surface area contributed by atoms with E-state index in [0.717, 1.165) is 19.1 Å². The molecule has 0 aromatic heterocycles. The third-order valence-electron chi connectivity index (χ3n) is 4.20. The molecule has 158 valence electrons. The number of rotatable bonds is 7. The lowest BCUT2D eigenvalue weighted by Gasteiger charge is -2.13. The lowest BCUT2D eigenvalue weighted by Crippen LogP contribution is -2.25. The van der Waals surface area contributed by atoms with Gasteiger partial charge in [0.1, 0.15) is 0 Å². The Morgan fingerprint density at radius 2 is 1.53 bits per heavy atom. The summed E-state index contributed by atoms with van der Waals surface area (Å²) >= 11 is 0. The van der Waals surface area contributed by atoms with Crippen molar-refractivity contribution in [2.24, 2.45) is 0 Å². The van der Waals surface area contributed by atoms with Crippen LogP contribution in [-0.4, -0.2) is 38.4 Å². The average Bonchev–Trinajstić information content (AvgIpc) is 3.46. The van der Waals surface area contributed by atoms with E-state index in [0.29, 0.717) is 16.9 Å². The van der Waals surface area contributed by atoms with Crippen molar-refractivity contribution < 1.29 is 22.8 Å². The van der Waals surface area contributed by atoms with Crippen LogP contribution in [0.3, 0.4) is 0 Å². The molecule has 2 aromatic carbocycles. The molecule has 1 saturated carbocycles. The van der Waals surface area contributed by atoms with E-state index in [2.05, 4.69) is 20.7 Å². The standard InChI is InChI=1S/C20H22N4O5S/c1-12(25)21-16-9-10-18(24-30(2,28)29)17(11-16)20(27)23-14-5-3-13(4-6-14)19(26)22-15-7-8-15/h3-6,9-11,15,24H,7-8H2,1-2H3,(H,21,25)(H,22,26)(H,23,27). The highest BCUT2D eigenvalue weighted by atomic mass is 32.2. The lowest BCUT2D eigenvalue weighted by atomic mass is 10.1. The molecule has 1 fully saturated rings. The second-order valence-electron chi connectivity index (χ2n) is 7.09. The fourth-order valence-corrected chi connectivity index (χ4v) is 3.28. The number of anilines is 3. The summed E-state index contributed by atoms with van der Waals surface area (Å²) in [6.07, 6.45) is 2.95. The highest BCUT2D eigenvalue weighted by Crippen LogP contribution is 2.24. The van der Waals surface area contributed by atoms with Crippen LogP contribution in [0.2, 0.25) is 0 Å². The van der Waals surface area contributed by atoms with Crippen molar-refractivity contribution in [1.82, 2.24) is 5.32 Å². The zero-order valence-corrected chi connectivity index (χ0v) is 17.3. The van der Waals surface area contributed by atoms with Gasteiger partial charge >= 0.3 is 0 Å². The maximum absolute atomic E-state index is 12.8. The van der Waals surface area contributed by atoms with Crippen LogP contribution in [0.15, 0.2) is 42.5 Å². The number of benzene rings is 2. The first kappa shape index (κ1) is 21.3. The third-order valence-corrected chi connectivity index (χ3v) is 4.79. The van der Waals surface area contributed by atoms with Gasteiger partial charge in [-0.15, -0.1) is 0 Å². The predicted octanol–water partition coefficient (Wildman–Crippen LogP) is 2.16. The van der Waals surface area contributed by atoms with E-state index in [9.17, 15) is 22.8 Å². The van der Waals surface area contributed by atoms with Crippen molar-refractivity contribution in [3.63, 3.8) is 0 Å². The van der Waals surface area contributed by atoms with E-state index < -0.39 is 15.9 Å². The van der Waals surface area contributed by atoms with Crippen molar-refractivity contribution in [3.05, 3.63) is 53.6 Å². The summed E-state index contributed by atoms with van der Waals surface area (Å²) in [6, 6.07) is 10.9. The minimum absolute atomic E-state index is 0.0298. The number of nitrogens with one attached hydrogen (secondary N) is 4. The molecule has 3 amide bonds. The number of amides is 3. The summed E-state index contributed by atoms with van der Waals surface area (Å²) in [5.74, 6) is -1.08. The summed E-state index contributed by atoms with van der Waals surface area (Å²) in [5, 5.41) is 8.10. The van der Waals surface area contributed by atoms with Crippen molar-refractivity contribution >= 4 is 44.8 Å². The maximum atomic E-state index is 12.8. The van der Waals surface area contributed by atoms with Gasteiger partial charge in [-0.1, -0.05) is 0 Å². The van der Waals surface area contributed by atoms with Crippen LogP contribution < -0.4 is 20.7 Å². The molecule has 1 aliphatic rings. The second-order valence-corrected chi connectivity index (χ2v) is 8.84. The molecule has 0 unspecified atom stereocenters. The quantitative estimate of drug-likeness (QED) is 0.534. The monoisotopic (exact) mass is 430 g/mol. The van der Waals surface area contributed by atoms with Gasteiger partial charge in [0.25, 0.3) is 11.8 Å². The van der Waals surface area contributed by atoms with Gasteiger partial charge in [0.05, 0.1) is 17.5 Å². The molecule has 3 rings (SSSR count). The Morgan fingerprint density at radius 3 is 2.10 bits per heavy atom. The number of hydrogen-bond donors (Lipinski definition) is 4. The highest BCUT2D eigenvalue weighted by Gasteiger charge is 2.23. The molecule has 0 saturated heterocycles. The Labute approximate surface area is 174 Å². The topological polar surface area (TPSA) is 133 Å². The van der Waals surface area contributed by atoms with Crippen LogP contribution in [0.4, 0.5) is 17.1 Å². The first-order valence-corrected chi connectivity index (χ1v) is 11.1. The van der Waals surface area contributed by atoms with Crippen molar-refractivity contribution in [2.75, 3.05) is 21.6 Å². The fourth-order valence-electron chi connectivity index (χ4n) is 2.70. The Kier molecular flexibility index (Phi) is 6.06. The van der Waals surface area contributed by atoms with Crippen LogP contribution in [0.5, 0.6) is 0 Å². The number of carbonyl (C=O) groups is 3. The molecular formula is C20H22N4O5S. The van der Waals surface area contributed by atoms with Crippen molar-refractivity contribution in [3.8, 4) is 0 Å². The zero-order chi connectivity index (χ0) is 21.9. The number of carbonyl (C=O) groups excluding carboxylic acids is 3. The van der Waals surface area contributed by atoms with Gasteiger partial charge in [-0.2, -0.15) is 0 Å². The molecule has 2 aromatic rings. The fraction of sp³-hybridized carbons (Fsp3) is 0.250. The first-order chi connectivity index (χ1) is 14.1. The molecule has 0 radical (unpaired) electrons. The molecule has 0 atom stereocenters. The Hall–Kier alpha value is -3.40. The van der Waals surface area contributed by atoms with E-state index in [1.54, 1.807) is 24.3 Å². The zero-order valence-electron chi connectivity index (χ0n) is 16.5. The summed E-state index contributed by atoms with van der Waals surface area (Å²) in [7, 11) is -3.62. The second kappa shape index (κ2) is 8.54. The molecule has 10 heteroatoms. The van der Waals surface area contributed by atoms with Gasteiger partial charge in [0.2, 0.25) is 15.9 Å². The Morgan fingerprint density at radius 1 is 0.900 bits per heavy atom. The number of hydrogen-bond acceptors (Lipinski definition) is 5. The average molecular weight is 430 g/mol. The summed E-state index contributed by atoms with van der Waals surface area (Å²) < 4.78 is 25.5. The molecule has 9 nitrogen and oxygen atoms in total. The molecule has 1 aliphatic carbocycles. The Balaban J connectivity index is 1.79. The SMILES string of the molecule is CC(=O)Nc1ccc(NS(C)(=O)=O)c(C(=O)Nc2ccc(C(=O)NC3CC3)cc2)c1. The largest absolute Gasteiger partial charge is 0.349 e. The Bertz CT molecular complexity index is 1090. The normalized spacial score (nSPS) is 13.3. The van der Waals surface area contributed by atoms with E-state index in [-0.39, 0.29) is 29.1 Å². The van der Waals surface area contributed by atoms with Crippen LogP contribution in [0.25, 0.3) is 0 Å². The number of sulfonamides is 1. The highest BCUT2D eigenvalue weighted by molar-refractivity contribution is 7.92. The van der Waals surface area contributed by atoms with Crippen LogP contribution in [0, 0.1) is 0 Å². The first-order valence-electron chi connectivity index (χ1n) is 9.22. The minimum Gasteiger partial charge on any atom is -0.349 e. The van der Waals surface area contributed by atoms with E-state index in [1.165, 1.54) is 25.1 Å². The van der Waals surface area contributed by atoms with Gasteiger partial charge in [0.15, 0.2) is 0 Å². The smallest absolute Gasteiger partial charge is 0.257 e. The van der Waals surface area contributed by atoms with E-state index in [4.69, 9.17) is 0 Å². The lowest BCUT2D eigenvalue weighted by molar-refractivity contribution is -0.114. The molecule has 0 heterocycles. The van der Waals surface area contributed by atoms with Gasteiger partial charge in [-0.3, -0.25) is 19.1 Å². The molecule has 0 spiro atoms. The van der Waals surface area contributed by atoms with E-state index >= 15 is 0 Å². The predicted molar refractivity (Wildman–Crippen MR) is 114 cm³/mol. The van der Waals surface area contributed by atoms with Crippen molar-refractivity contribution in [1.29, 1.82) is 0 Å². The van der Waals surface area contributed by atoms with Crippen LogP contribution in [0.1, 0.15) is 40.5 Å². The van der Waals surface area contributed by atoms with Crippen LogP contribution >= 0.6 is 0 Å². The van der Waals surface area contributed by atoms with Gasteiger partial charge < -0.3 is 16.0 Å². The molecule has 0 aliphatic heterocycles. The maximum Gasteiger partial charge on any atom is 0.257 e.